The Labute approximate surface area is 438 Å². The number of nitrogens with zero attached hydrogens (tertiary/aromatic N) is 6. The molecule has 0 aromatic rings. The third-order valence-electron chi connectivity index (χ3n) is 12.3. The normalized spacial score (nSPS) is 22.7. The second-order valence-corrected chi connectivity index (χ2v) is 19.9. The summed E-state index contributed by atoms with van der Waals surface area (Å²) in [5.74, 6) is -1.07. The van der Waals surface area contributed by atoms with Gasteiger partial charge in [0, 0.05) is 44.4 Å². The monoisotopic (exact) mass is 1020 g/mol. The van der Waals surface area contributed by atoms with E-state index in [1.165, 1.54) is 12.2 Å². The van der Waals surface area contributed by atoms with Crippen molar-refractivity contribution in [1.29, 1.82) is 10.5 Å². The Morgan fingerprint density at radius 3 is 1.58 bits per heavy atom. The highest BCUT2D eigenvalue weighted by Crippen LogP contribution is 2.48. The van der Waals surface area contributed by atoms with E-state index in [0.717, 1.165) is 74.5 Å². The predicted molar refractivity (Wildman–Crippen MR) is 273 cm³/mol. The zero-order valence-electron chi connectivity index (χ0n) is 44.0. The molecular formula is C56H72N6O12. The van der Waals surface area contributed by atoms with Crippen molar-refractivity contribution in [2.45, 2.75) is 153 Å². The highest BCUT2D eigenvalue weighted by atomic mass is 16.8. The number of nitriles is 2. The standard InChI is InChI=1S/C15H16N2O2.C14H16N2O2.C11H12N2O2.2C8H14O3/c1-16-15(17-2)7-4-3-5-12-11-14(8-6-13(12)15)18-9-10-19-14;1-3-4-11-9-14(17-7-8-18-14)6-5-12(11)13(10-15)16-2;1-13-10(8-12)9-2-4-11(5-3-9)14-6-7-15-11;2*1-5-6-10-7(9)11-8(2,3)4/h3-4,6,12H,5,7-11H2;3,11H,1,4-9H2;2-7H2;2*5H,1,6H2,2-4H3/b;13-12+;;;. The van der Waals surface area contributed by atoms with E-state index < -0.39 is 46.5 Å². The van der Waals surface area contributed by atoms with Gasteiger partial charge in [0.15, 0.2) is 17.4 Å². The van der Waals surface area contributed by atoms with E-state index >= 15 is 0 Å². The Morgan fingerprint density at radius 2 is 1.15 bits per heavy atom. The minimum Gasteiger partial charge on any atom is -0.430 e. The van der Waals surface area contributed by atoms with Crippen LogP contribution in [0, 0.1) is 60.8 Å². The molecule has 74 heavy (non-hydrogen) atoms. The maximum atomic E-state index is 10.7. The molecule has 0 bridgehead atoms. The Bertz CT molecular complexity index is 2250. The molecular weight excluding hydrogens is 949 g/mol. The molecule has 2 saturated carbocycles. The number of carbonyl (C=O) groups is 2. The largest absolute Gasteiger partial charge is 0.509 e. The van der Waals surface area contributed by atoms with E-state index in [4.69, 9.17) is 74.7 Å². The van der Waals surface area contributed by atoms with Gasteiger partial charge in [0.1, 0.15) is 36.4 Å². The van der Waals surface area contributed by atoms with Gasteiger partial charge in [-0.25, -0.2) is 52.6 Å². The molecule has 18 nitrogen and oxygen atoms in total. The lowest BCUT2D eigenvalue weighted by atomic mass is 9.77. The second-order valence-electron chi connectivity index (χ2n) is 19.9. The number of carbonyl (C=O) groups excluding carboxylic acids is 2. The summed E-state index contributed by atoms with van der Waals surface area (Å²) in [5, 5.41) is 17.8. The van der Waals surface area contributed by atoms with Crippen LogP contribution in [0.15, 0.2) is 84.3 Å². The van der Waals surface area contributed by atoms with Gasteiger partial charge in [-0.15, -0.1) is 6.58 Å². The fourth-order valence-electron chi connectivity index (χ4n) is 9.05. The quantitative estimate of drug-likeness (QED) is 0.106. The van der Waals surface area contributed by atoms with E-state index in [-0.39, 0.29) is 36.4 Å². The summed E-state index contributed by atoms with van der Waals surface area (Å²) in [5.41, 5.74) is 1.35. The van der Waals surface area contributed by atoms with Gasteiger partial charge in [-0.3, -0.25) is 0 Å². The molecule has 3 aliphatic heterocycles. The zero-order chi connectivity index (χ0) is 54.9. The first-order valence-electron chi connectivity index (χ1n) is 24.7. The Morgan fingerprint density at radius 1 is 0.676 bits per heavy atom. The number of allylic oxidation sites excluding steroid dienone is 6. The third kappa shape index (κ3) is 19.0. The molecule has 2 atom stereocenters. The van der Waals surface area contributed by atoms with Gasteiger partial charge < -0.3 is 47.4 Å². The van der Waals surface area contributed by atoms with Gasteiger partial charge >= 0.3 is 18.0 Å². The molecule has 3 spiro atoms. The number of hydrogen-bond donors (Lipinski definition) is 0. The second kappa shape index (κ2) is 29.3. The topological polar surface area (TPSA) is 191 Å². The molecule has 7 aliphatic rings. The number of rotatable bonds is 6. The van der Waals surface area contributed by atoms with Gasteiger partial charge in [0.25, 0.3) is 11.4 Å². The molecule has 0 amide bonds. The van der Waals surface area contributed by atoms with Crippen LogP contribution in [0.2, 0.25) is 0 Å². The van der Waals surface area contributed by atoms with Crippen molar-refractivity contribution < 1.29 is 57.0 Å². The lowest BCUT2D eigenvalue weighted by molar-refractivity contribution is -0.179. The van der Waals surface area contributed by atoms with Crippen molar-refractivity contribution >= 4 is 12.3 Å². The van der Waals surface area contributed by atoms with Crippen molar-refractivity contribution in [1.82, 2.24) is 0 Å². The first-order valence-corrected chi connectivity index (χ1v) is 24.7. The summed E-state index contributed by atoms with van der Waals surface area (Å²) in [6.07, 6.45) is 18.3. The van der Waals surface area contributed by atoms with Crippen molar-refractivity contribution in [2.75, 3.05) is 52.9 Å². The zero-order valence-corrected chi connectivity index (χ0v) is 44.0. The van der Waals surface area contributed by atoms with E-state index in [0.29, 0.717) is 58.9 Å². The van der Waals surface area contributed by atoms with Crippen LogP contribution in [0.4, 0.5) is 9.59 Å². The Hall–Kier alpha value is -6.58. The van der Waals surface area contributed by atoms with Crippen molar-refractivity contribution in [2.24, 2.45) is 11.8 Å². The van der Waals surface area contributed by atoms with Crippen LogP contribution in [0.25, 0.3) is 19.4 Å². The molecule has 4 aliphatic carbocycles. The molecule has 18 heteroatoms. The minimum atomic E-state index is -1.03. The molecule has 3 heterocycles. The highest BCUT2D eigenvalue weighted by Gasteiger charge is 2.55. The fourth-order valence-corrected chi connectivity index (χ4v) is 9.05. The SMILES string of the molecule is C=CCOC(=O)OC(C)(C)C.C=CCOC(=O)OC(C)(C)C.[C-]#[N+]/C(C#N)=C1\CCC2(CC1CC=C)OCCO2.[C-]#[N+]C(C#N)=C1CCC2(CC1)OCCO2.[C-]#[N+]C1([N+]#[C-])CC=CCC2CC3(CC=C21)OCCO3. The van der Waals surface area contributed by atoms with Crippen LogP contribution in [0.5, 0.6) is 0 Å². The molecule has 7 rings (SSSR count). The van der Waals surface area contributed by atoms with Crippen LogP contribution < -0.4 is 0 Å². The molecule has 0 aromatic heterocycles. The third-order valence-corrected chi connectivity index (χ3v) is 12.3. The van der Waals surface area contributed by atoms with Gasteiger partial charge in [-0.05, 0) is 85.1 Å². The molecule has 5 fully saturated rings. The van der Waals surface area contributed by atoms with Crippen LogP contribution >= 0.6 is 0 Å². The number of fused-ring (bicyclic) bond motifs is 1. The summed E-state index contributed by atoms with van der Waals surface area (Å²) >= 11 is 0. The summed E-state index contributed by atoms with van der Waals surface area (Å²) in [6, 6.07) is 3.94. The van der Waals surface area contributed by atoms with Gasteiger partial charge in [-0.1, -0.05) is 55.2 Å². The van der Waals surface area contributed by atoms with Crippen molar-refractivity contribution in [3.8, 4) is 12.1 Å². The highest BCUT2D eigenvalue weighted by molar-refractivity contribution is 5.61. The number of ether oxygens (including phenoxy) is 10. The van der Waals surface area contributed by atoms with Crippen molar-refractivity contribution in [3.63, 3.8) is 0 Å². The fraction of sp³-hybridized carbons (Fsp3) is 0.607. The van der Waals surface area contributed by atoms with Crippen LogP contribution in [0.3, 0.4) is 0 Å². The molecule has 2 unspecified atom stereocenters. The van der Waals surface area contributed by atoms with Crippen LogP contribution in [0.1, 0.15) is 119 Å². The van der Waals surface area contributed by atoms with E-state index in [2.05, 4.69) is 54.7 Å². The minimum absolute atomic E-state index is 0.137. The summed E-state index contributed by atoms with van der Waals surface area (Å²) in [4.78, 5) is 35.3. The van der Waals surface area contributed by atoms with Gasteiger partial charge in [-0.2, -0.15) is 0 Å². The van der Waals surface area contributed by atoms with Gasteiger partial charge in [0.05, 0.1) is 64.9 Å². The average molecular weight is 1020 g/mol. The smallest absolute Gasteiger partial charge is 0.430 e. The van der Waals surface area contributed by atoms with Gasteiger partial charge in [0.2, 0.25) is 0 Å². The Balaban J connectivity index is 0.000000249. The Kier molecular flexibility index (Phi) is 24.5. The number of hydrogen-bond acceptors (Lipinski definition) is 14. The van der Waals surface area contributed by atoms with Crippen LogP contribution in [-0.4, -0.2) is 99.4 Å². The first kappa shape index (κ1) is 61.7. The molecule has 398 valence electrons. The predicted octanol–water partition coefficient (Wildman–Crippen LogP) is 12.0. The summed E-state index contributed by atoms with van der Waals surface area (Å²) in [7, 11) is 0. The molecule has 0 N–H and O–H groups in total. The van der Waals surface area contributed by atoms with E-state index in [1.807, 2.05) is 30.4 Å². The van der Waals surface area contributed by atoms with E-state index in [1.54, 1.807) is 41.5 Å². The van der Waals surface area contributed by atoms with E-state index in [9.17, 15) is 9.59 Å². The maximum Gasteiger partial charge on any atom is 0.509 e. The average Bonchev–Trinajstić information content (AvgIpc) is 4.12. The first-order chi connectivity index (χ1) is 35.2. The molecule has 0 radical (unpaired) electrons. The molecule has 3 saturated heterocycles. The lowest BCUT2D eigenvalue weighted by Crippen LogP contribution is -2.39. The summed E-state index contributed by atoms with van der Waals surface area (Å²) in [6.45, 7) is 54.3. The van der Waals surface area contributed by atoms with Crippen LogP contribution in [-0.2, 0) is 47.4 Å². The maximum absolute atomic E-state index is 10.7. The molecule has 0 aromatic carbocycles. The summed E-state index contributed by atoms with van der Waals surface area (Å²) < 4.78 is 52.9. The lowest BCUT2D eigenvalue weighted by Gasteiger charge is -2.37. The van der Waals surface area contributed by atoms with Crippen molar-refractivity contribution in [3.05, 3.63) is 130 Å².